The molecule has 0 heterocycles. The van der Waals surface area contributed by atoms with E-state index in [0.717, 1.165) is 38.5 Å². The van der Waals surface area contributed by atoms with Crippen molar-refractivity contribution in [1.82, 2.24) is 26.6 Å². The van der Waals surface area contributed by atoms with Gasteiger partial charge in [0.1, 0.15) is 19.3 Å². The van der Waals surface area contributed by atoms with Gasteiger partial charge in [0.25, 0.3) is 0 Å². The largest absolute Gasteiger partial charge is 0.481 e. The Balaban J connectivity index is 3.63. The number of carboxylic acids is 2. The summed E-state index contributed by atoms with van der Waals surface area (Å²) in [7, 11) is 0. The third-order valence-electron chi connectivity index (χ3n) is 9.24. The maximum Gasteiger partial charge on any atom is 0.326 e. The first kappa shape index (κ1) is 56.1. The van der Waals surface area contributed by atoms with E-state index in [-0.39, 0.29) is 121 Å². The van der Waals surface area contributed by atoms with Crippen molar-refractivity contribution in [2.24, 2.45) is 0 Å². The maximum atomic E-state index is 12.3. The summed E-state index contributed by atoms with van der Waals surface area (Å²) in [6.07, 6.45) is 18.9. The number of unbranched alkanes of at least 4 members (excludes halogenated alkanes) is 15. The van der Waals surface area contributed by atoms with E-state index in [4.69, 9.17) is 24.1 Å². The molecule has 0 aliphatic carbocycles. The lowest BCUT2D eigenvalue weighted by Crippen LogP contribution is -2.41. The first-order valence-electron chi connectivity index (χ1n) is 22.1. The molecule has 348 valence electrons. The van der Waals surface area contributed by atoms with E-state index in [1.165, 1.54) is 64.7 Å². The molecule has 5 amide bonds. The molecule has 18 nitrogen and oxygen atoms in total. The first-order valence-corrected chi connectivity index (χ1v) is 22.1. The van der Waals surface area contributed by atoms with Gasteiger partial charge in [-0.25, -0.2) is 4.79 Å². The van der Waals surface area contributed by atoms with Crippen LogP contribution in [0.1, 0.15) is 142 Å². The molecule has 0 unspecified atom stereocenters. The van der Waals surface area contributed by atoms with Gasteiger partial charge in [0.05, 0.1) is 39.6 Å². The van der Waals surface area contributed by atoms with Crippen LogP contribution in [0.4, 0.5) is 0 Å². The van der Waals surface area contributed by atoms with Gasteiger partial charge in [-0.3, -0.25) is 28.8 Å². The Morgan fingerprint density at radius 2 is 0.817 bits per heavy atom. The Hall–Kier alpha value is -3.87. The lowest BCUT2D eigenvalue weighted by molar-refractivity contribution is -0.142. The summed E-state index contributed by atoms with van der Waals surface area (Å²) in [5, 5.41) is 31.3. The second-order valence-corrected chi connectivity index (χ2v) is 14.8. The molecule has 0 radical (unpaired) electrons. The van der Waals surface area contributed by atoms with Gasteiger partial charge in [-0.15, -0.1) is 0 Å². The highest BCUT2D eigenvalue weighted by Gasteiger charge is 2.20. The summed E-state index contributed by atoms with van der Waals surface area (Å²) < 4.78 is 21.2. The average Bonchev–Trinajstić information content (AvgIpc) is 3.20. The molecule has 0 aliphatic rings. The van der Waals surface area contributed by atoms with E-state index in [0.29, 0.717) is 25.9 Å². The molecule has 0 aromatic heterocycles. The van der Waals surface area contributed by atoms with Gasteiger partial charge >= 0.3 is 11.9 Å². The molecule has 0 aromatic rings. The zero-order chi connectivity index (χ0) is 44.3. The van der Waals surface area contributed by atoms with Gasteiger partial charge in [0.15, 0.2) is 0 Å². The van der Waals surface area contributed by atoms with Crippen LogP contribution in [-0.2, 0) is 52.5 Å². The maximum absolute atomic E-state index is 12.3. The van der Waals surface area contributed by atoms with E-state index < -0.39 is 18.0 Å². The van der Waals surface area contributed by atoms with Crippen LogP contribution in [0, 0.1) is 0 Å². The SMILES string of the molecule is CC(=O)NCCCNC(=O)COCCOCCNC(=O)COCCOCCNC(=O)CC[C@H](NC(=O)CCCCCCCCCCCCCCCCCCC(=O)O)C(=O)O. The van der Waals surface area contributed by atoms with E-state index in [9.17, 15) is 38.7 Å². The molecular formula is C42H77N5O13. The van der Waals surface area contributed by atoms with Crippen LogP contribution in [0.25, 0.3) is 0 Å². The molecule has 0 saturated heterocycles. The molecule has 18 heteroatoms. The molecule has 0 saturated carbocycles. The summed E-state index contributed by atoms with van der Waals surface area (Å²) in [5.74, 6) is -3.25. The molecule has 0 fully saturated rings. The van der Waals surface area contributed by atoms with Crippen molar-refractivity contribution in [1.29, 1.82) is 0 Å². The Kier molecular flexibility index (Phi) is 39.1. The number of hydrogen-bond acceptors (Lipinski definition) is 11. The summed E-state index contributed by atoms with van der Waals surface area (Å²) in [6, 6.07) is -1.14. The second-order valence-electron chi connectivity index (χ2n) is 14.8. The van der Waals surface area contributed by atoms with Crippen molar-refractivity contribution in [2.75, 3.05) is 79.0 Å². The van der Waals surface area contributed by atoms with Crippen LogP contribution < -0.4 is 26.6 Å². The fourth-order valence-corrected chi connectivity index (χ4v) is 5.90. The van der Waals surface area contributed by atoms with Crippen molar-refractivity contribution in [3.63, 3.8) is 0 Å². The zero-order valence-corrected chi connectivity index (χ0v) is 36.3. The standard InChI is InChI=1S/C42H77N5O13/c1-35(48)43-23-18-24-44-39(51)33-59-31-30-58-28-26-46-40(52)34-60-32-29-57-27-25-45-37(49)22-21-36(42(55)56)47-38(50)19-16-14-12-10-8-6-4-2-3-5-7-9-11-13-15-17-20-41(53)54/h36H,2-34H2,1H3,(H,43,48)(H,44,51)(H,45,49)(H,46,52)(H,47,50)(H,53,54)(H,55,56)/t36-/m0/s1. The van der Waals surface area contributed by atoms with Crippen LogP contribution >= 0.6 is 0 Å². The van der Waals surface area contributed by atoms with Crippen molar-refractivity contribution < 1.29 is 62.7 Å². The molecule has 0 aromatic carbocycles. The Labute approximate surface area is 357 Å². The Bertz CT molecular complexity index is 1160. The highest BCUT2D eigenvalue weighted by molar-refractivity contribution is 5.84. The molecular weight excluding hydrogens is 782 g/mol. The van der Waals surface area contributed by atoms with Crippen LogP contribution in [0.3, 0.4) is 0 Å². The number of hydrogen-bond donors (Lipinski definition) is 7. The summed E-state index contributed by atoms with van der Waals surface area (Å²) in [6.45, 7) is 3.92. The number of carbonyl (C=O) groups excluding carboxylic acids is 5. The number of ether oxygens (including phenoxy) is 4. The van der Waals surface area contributed by atoms with Crippen molar-refractivity contribution in [2.45, 2.75) is 148 Å². The van der Waals surface area contributed by atoms with E-state index in [1.807, 2.05) is 0 Å². The Morgan fingerprint density at radius 3 is 1.27 bits per heavy atom. The normalized spacial score (nSPS) is 11.4. The minimum atomic E-state index is -1.18. The fraction of sp³-hybridized carbons (Fsp3) is 0.833. The van der Waals surface area contributed by atoms with Gasteiger partial charge in [-0.2, -0.15) is 0 Å². The smallest absolute Gasteiger partial charge is 0.326 e. The highest BCUT2D eigenvalue weighted by Crippen LogP contribution is 2.14. The van der Waals surface area contributed by atoms with Crippen molar-refractivity contribution in [3.05, 3.63) is 0 Å². The number of nitrogens with one attached hydrogen (secondary N) is 5. The Morgan fingerprint density at radius 1 is 0.417 bits per heavy atom. The number of rotatable bonds is 44. The third kappa shape index (κ3) is 42.3. The topological polar surface area (TPSA) is 257 Å². The van der Waals surface area contributed by atoms with E-state index >= 15 is 0 Å². The average molecular weight is 860 g/mol. The predicted octanol–water partition coefficient (Wildman–Crippen LogP) is 3.38. The lowest BCUT2D eigenvalue weighted by atomic mass is 10.0. The number of aliphatic carboxylic acids is 2. The van der Waals surface area contributed by atoms with E-state index in [1.54, 1.807) is 0 Å². The zero-order valence-electron chi connectivity index (χ0n) is 36.3. The summed E-state index contributed by atoms with van der Waals surface area (Å²) in [5.41, 5.74) is 0. The fourth-order valence-electron chi connectivity index (χ4n) is 5.90. The predicted molar refractivity (Wildman–Crippen MR) is 225 cm³/mol. The van der Waals surface area contributed by atoms with Gasteiger partial charge in [0.2, 0.25) is 29.5 Å². The van der Waals surface area contributed by atoms with Gasteiger partial charge in [-0.05, 0) is 25.7 Å². The molecule has 0 bridgehead atoms. The van der Waals surface area contributed by atoms with Gasteiger partial charge in [-0.1, -0.05) is 89.9 Å². The van der Waals surface area contributed by atoms with Crippen molar-refractivity contribution in [3.8, 4) is 0 Å². The molecule has 0 rings (SSSR count). The molecule has 0 spiro atoms. The lowest BCUT2D eigenvalue weighted by Gasteiger charge is -2.14. The van der Waals surface area contributed by atoms with Gasteiger partial charge < -0.3 is 55.7 Å². The second kappa shape index (κ2) is 41.8. The third-order valence-corrected chi connectivity index (χ3v) is 9.24. The van der Waals surface area contributed by atoms with Crippen LogP contribution in [-0.4, -0.2) is 137 Å². The summed E-state index contributed by atoms with van der Waals surface area (Å²) >= 11 is 0. The van der Waals surface area contributed by atoms with Crippen LogP contribution in [0.15, 0.2) is 0 Å². The molecule has 7 N–H and O–H groups in total. The van der Waals surface area contributed by atoms with Crippen LogP contribution in [0.5, 0.6) is 0 Å². The highest BCUT2D eigenvalue weighted by atomic mass is 16.5. The number of amides is 5. The number of carbonyl (C=O) groups is 7. The van der Waals surface area contributed by atoms with Crippen LogP contribution in [0.2, 0.25) is 0 Å². The van der Waals surface area contributed by atoms with Gasteiger partial charge in [0, 0.05) is 52.4 Å². The molecule has 0 aliphatic heterocycles. The molecule has 60 heavy (non-hydrogen) atoms. The summed E-state index contributed by atoms with van der Waals surface area (Å²) in [4.78, 5) is 81.0. The quantitative estimate of drug-likeness (QED) is 0.0435. The minimum Gasteiger partial charge on any atom is -0.481 e. The van der Waals surface area contributed by atoms with Crippen molar-refractivity contribution >= 4 is 41.5 Å². The minimum absolute atomic E-state index is 0.0228. The molecule has 1 atom stereocenters. The first-order chi connectivity index (χ1) is 29.0. The van der Waals surface area contributed by atoms with E-state index in [2.05, 4.69) is 26.6 Å². The monoisotopic (exact) mass is 860 g/mol. The number of carboxylic acid groups (broad SMARTS) is 2.